The Morgan fingerprint density at radius 2 is 1.71 bits per heavy atom. The highest BCUT2D eigenvalue weighted by Crippen LogP contribution is 2.33. The van der Waals surface area contributed by atoms with Crippen molar-refractivity contribution in [1.82, 2.24) is 19.4 Å². The summed E-state index contributed by atoms with van der Waals surface area (Å²) in [6.07, 6.45) is 9.30. The molecule has 0 bridgehead atoms. The monoisotopic (exact) mass is 776 g/mol. The van der Waals surface area contributed by atoms with Gasteiger partial charge in [-0.2, -0.15) is 13.4 Å². The second-order valence-corrected chi connectivity index (χ2v) is 15.5. The molecule has 1 fully saturated rings. The molecule has 0 radical (unpaired) electrons. The van der Waals surface area contributed by atoms with Crippen LogP contribution in [0.25, 0.3) is 10.9 Å². The van der Waals surface area contributed by atoms with Crippen molar-refractivity contribution in [3.8, 4) is 23.3 Å². The second-order valence-electron chi connectivity index (χ2n) is 14.0. The van der Waals surface area contributed by atoms with E-state index in [1.165, 1.54) is 0 Å². The maximum atomic E-state index is 14.4. The Bertz CT molecular complexity index is 2200. The Hall–Kier alpha value is -5.17. The number of methoxy groups -OCH3 is 2. The van der Waals surface area contributed by atoms with Gasteiger partial charge in [0.25, 0.3) is 10.1 Å². The van der Waals surface area contributed by atoms with Gasteiger partial charge in [-0.3, -0.25) is 14.2 Å². The minimum Gasteiger partial charge on any atom is -0.493 e. The normalized spacial score (nSPS) is 13.3. The van der Waals surface area contributed by atoms with E-state index in [2.05, 4.69) is 59.0 Å². The molecule has 5 N–H and O–H groups in total. The fraction of sp³-hybridized carbons (Fsp3) is 0.450. The highest BCUT2D eigenvalue weighted by molar-refractivity contribution is 7.85. The summed E-state index contributed by atoms with van der Waals surface area (Å²) in [5.74, 6) is 7.27. The summed E-state index contributed by atoms with van der Waals surface area (Å²) in [5, 5.41) is 0.414. The number of pyridine rings is 1. The quantitative estimate of drug-likeness (QED) is 0.101. The molecule has 55 heavy (non-hydrogen) atoms. The molecule has 1 aliphatic carbocycles. The van der Waals surface area contributed by atoms with E-state index in [4.69, 9.17) is 30.2 Å². The molecule has 0 atom stereocenters. The molecule has 0 spiro atoms. The number of benzene rings is 2. The Morgan fingerprint density at radius 3 is 2.31 bits per heavy atom. The van der Waals surface area contributed by atoms with Gasteiger partial charge in [0.1, 0.15) is 18.0 Å². The fourth-order valence-corrected chi connectivity index (χ4v) is 6.91. The summed E-state index contributed by atoms with van der Waals surface area (Å²) >= 11 is 0. The Morgan fingerprint density at radius 1 is 1.04 bits per heavy atom. The van der Waals surface area contributed by atoms with E-state index in [1.807, 2.05) is 30.3 Å². The van der Waals surface area contributed by atoms with Crippen LogP contribution in [0.15, 0.2) is 47.5 Å². The maximum Gasteiger partial charge on any atom is 0.343 e. The van der Waals surface area contributed by atoms with Gasteiger partial charge >= 0.3 is 5.97 Å². The van der Waals surface area contributed by atoms with Crippen LogP contribution in [0.5, 0.6) is 11.5 Å². The number of hydrogen-bond donors (Lipinski definition) is 3. The average molecular weight is 777 g/mol. The Kier molecular flexibility index (Phi) is 14.6. The van der Waals surface area contributed by atoms with E-state index >= 15 is 0 Å². The summed E-state index contributed by atoms with van der Waals surface area (Å²) < 4.78 is 44.8. The lowest BCUT2D eigenvalue weighted by atomic mass is 9.92. The van der Waals surface area contributed by atoms with Gasteiger partial charge in [-0.05, 0) is 70.4 Å². The molecule has 0 amide bonds. The van der Waals surface area contributed by atoms with Gasteiger partial charge in [0, 0.05) is 54.6 Å². The van der Waals surface area contributed by atoms with Crippen LogP contribution in [0.1, 0.15) is 98.5 Å². The SMILES string of the molecule is COc1cccc(C#Cc2cc(Cc3cnc(N)nc3N)c3c(=O)c(C(=O)OCCN(C(C)C)C(C)C)cn(C4CCCCC4)c3c2)c1OC.CS(=O)(=O)O. The number of nitrogens with zero attached hydrogens (tertiary/aromatic N) is 4. The zero-order valence-corrected chi connectivity index (χ0v) is 33.4. The third-order valence-electron chi connectivity index (χ3n) is 9.36. The first-order chi connectivity index (χ1) is 26.0. The maximum absolute atomic E-state index is 14.4. The van der Waals surface area contributed by atoms with E-state index in [1.54, 1.807) is 26.6 Å². The highest BCUT2D eigenvalue weighted by Gasteiger charge is 2.25. The van der Waals surface area contributed by atoms with E-state index in [0.29, 0.717) is 57.5 Å². The number of aromatic nitrogens is 3. The number of hydrogen-bond acceptors (Lipinski definition) is 12. The third kappa shape index (κ3) is 11.4. The molecule has 296 valence electrons. The average Bonchev–Trinajstić information content (AvgIpc) is 3.12. The molecular weight excluding hydrogens is 725 g/mol. The summed E-state index contributed by atoms with van der Waals surface area (Å²) in [6, 6.07) is 9.98. The van der Waals surface area contributed by atoms with Crippen LogP contribution in [0.2, 0.25) is 0 Å². The van der Waals surface area contributed by atoms with Crippen LogP contribution in [0.3, 0.4) is 0 Å². The van der Waals surface area contributed by atoms with Gasteiger partial charge in [-0.1, -0.05) is 37.2 Å². The van der Waals surface area contributed by atoms with Crippen molar-refractivity contribution in [1.29, 1.82) is 0 Å². The van der Waals surface area contributed by atoms with Crippen LogP contribution < -0.4 is 26.4 Å². The van der Waals surface area contributed by atoms with Gasteiger partial charge in [0.05, 0.1) is 36.9 Å². The van der Waals surface area contributed by atoms with Crippen molar-refractivity contribution in [2.45, 2.75) is 84.3 Å². The molecule has 14 nitrogen and oxygen atoms in total. The molecule has 2 aromatic carbocycles. The first-order valence-electron chi connectivity index (χ1n) is 18.2. The number of nitrogen functional groups attached to an aromatic ring is 2. The molecule has 4 aromatic rings. The lowest BCUT2D eigenvalue weighted by Crippen LogP contribution is -2.39. The zero-order valence-electron chi connectivity index (χ0n) is 32.6. The molecule has 0 aliphatic heterocycles. The smallest absolute Gasteiger partial charge is 0.343 e. The second kappa shape index (κ2) is 18.9. The first kappa shape index (κ1) is 42.6. The van der Waals surface area contributed by atoms with E-state index in [9.17, 15) is 18.0 Å². The molecule has 2 aromatic heterocycles. The highest BCUT2D eigenvalue weighted by atomic mass is 32.2. The number of para-hydroxylation sites is 1. The number of nitrogens with two attached hydrogens (primary N) is 2. The summed E-state index contributed by atoms with van der Waals surface area (Å²) in [4.78, 5) is 38.7. The third-order valence-corrected chi connectivity index (χ3v) is 9.36. The van der Waals surface area contributed by atoms with Crippen molar-refractivity contribution in [2.75, 3.05) is 45.1 Å². The van der Waals surface area contributed by atoms with Crippen molar-refractivity contribution >= 4 is 38.8 Å². The predicted octanol–water partition coefficient (Wildman–Crippen LogP) is 5.25. The predicted molar refractivity (Wildman–Crippen MR) is 214 cm³/mol. The number of fused-ring (bicyclic) bond motifs is 1. The number of ether oxygens (including phenoxy) is 3. The Labute approximate surface area is 322 Å². The molecule has 15 heteroatoms. The van der Waals surface area contributed by atoms with Crippen molar-refractivity contribution < 1.29 is 32.0 Å². The van der Waals surface area contributed by atoms with E-state index in [0.717, 1.165) is 32.1 Å². The molecule has 0 saturated heterocycles. The largest absolute Gasteiger partial charge is 0.493 e. The lowest BCUT2D eigenvalue weighted by molar-refractivity contribution is 0.0415. The number of rotatable bonds is 11. The van der Waals surface area contributed by atoms with E-state index in [-0.39, 0.29) is 48.5 Å². The lowest BCUT2D eigenvalue weighted by Gasteiger charge is -2.30. The van der Waals surface area contributed by atoms with Crippen molar-refractivity contribution in [2.24, 2.45) is 0 Å². The van der Waals surface area contributed by atoms with Crippen LogP contribution in [-0.2, 0) is 21.3 Å². The zero-order chi connectivity index (χ0) is 40.4. The van der Waals surface area contributed by atoms with Crippen LogP contribution in [-0.4, -0.2) is 84.1 Å². The molecule has 1 saturated carbocycles. The fourth-order valence-electron chi connectivity index (χ4n) is 6.91. The molecule has 2 heterocycles. The number of carbonyl (C=O) groups excluding carboxylic acids is 1. The molecule has 5 rings (SSSR count). The minimum absolute atomic E-state index is 0.00597. The van der Waals surface area contributed by atoms with Gasteiger partial charge in [0.2, 0.25) is 11.4 Å². The standard InChI is InChI=1S/C39H48N6O5.CH4O3S/c1-24(2)44(25(3)4)17-18-50-38(47)31-23-45(30-12-8-7-9-13-30)32-20-26(15-16-27-11-10-14-33(48-5)36(27)49-6)19-28(34(32)35(31)46)21-29-22-42-39(41)43-37(29)40;1-5(2,3)4/h10-11,14,19-20,22-25,30H,7-9,12-13,17-18,21H2,1-6H3,(H4,40,41,42,43);1H3,(H,2,3,4). The van der Waals surface area contributed by atoms with Crippen LogP contribution in [0.4, 0.5) is 11.8 Å². The van der Waals surface area contributed by atoms with Crippen molar-refractivity contribution in [3.63, 3.8) is 0 Å². The van der Waals surface area contributed by atoms with Gasteiger partial charge in [-0.25, -0.2) is 9.78 Å². The number of carbonyl (C=O) groups is 1. The topological polar surface area (TPSA) is 202 Å². The first-order valence-corrected chi connectivity index (χ1v) is 20.0. The molecule has 1 aliphatic rings. The van der Waals surface area contributed by atoms with E-state index < -0.39 is 21.5 Å². The summed E-state index contributed by atoms with van der Waals surface area (Å²) in [6.45, 7) is 9.18. The molecular formula is C40H52N6O8S. The van der Waals surface area contributed by atoms with Gasteiger partial charge < -0.3 is 30.2 Å². The van der Waals surface area contributed by atoms with Crippen molar-refractivity contribution in [3.05, 3.63) is 80.8 Å². The Balaban J connectivity index is 0.00000126. The van der Waals surface area contributed by atoms with Crippen LogP contribution in [0, 0.1) is 11.8 Å². The minimum atomic E-state index is -3.67. The summed E-state index contributed by atoms with van der Waals surface area (Å²) in [5.41, 5.74) is 14.9. The molecule has 0 unspecified atom stereocenters. The number of anilines is 2. The van der Waals surface area contributed by atoms with Gasteiger partial charge in [0.15, 0.2) is 11.5 Å². The number of esters is 1. The van der Waals surface area contributed by atoms with Gasteiger partial charge in [-0.15, -0.1) is 0 Å². The summed E-state index contributed by atoms with van der Waals surface area (Å²) in [7, 11) is -0.510. The van der Waals surface area contributed by atoms with Crippen LogP contribution >= 0.6 is 0 Å².